The minimum atomic E-state index is 0.223. The smallest absolute Gasteiger partial charge is 0.188 e. The molecule has 1 aromatic rings. The molecule has 0 aliphatic rings. The minimum absolute atomic E-state index is 0.223. The summed E-state index contributed by atoms with van der Waals surface area (Å²) >= 11 is 3.33. The first-order valence-electron chi connectivity index (χ1n) is 4.24. The van der Waals surface area contributed by atoms with Gasteiger partial charge in [0.25, 0.3) is 0 Å². The highest BCUT2D eigenvalue weighted by atomic mass is 79.9. The summed E-state index contributed by atoms with van der Waals surface area (Å²) in [5.74, 6) is 1.39. The SMILES string of the molecule is CCOc1[c]c(Br)c(OCOC)cc1. The lowest BCUT2D eigenvalue weighted by Crippen LogP contribution is -2.00. The van der Waals surface area contributed by atoms with Gasteiger partial charge < -0.3 is 14.2 Å². The number of hydrogen-bond acceptors (Lipinski definition) is 3. The number of halogens is 1. The van der Waals surface area contributed by atoms with Gasteiger partial charge in [0.2, 0.25) is 0 Å². The first kappa shape index (κ1) is 11.3. The van der Waals surface area contributed by atoms with Crippen LogP contribution in [0.15, 0.2) is 16.6 Å². The highest BCUT2D eigenvalue weighted by molar-refractivity contribution is 9.10. The normalized spacial score (nSPS) is 9.93. The number of benzene rings is 1. The van der Waals surface area contributed by atoms with E-state index in [1.807, 2.05) is 13.0 Å². The monoisotopic (exact) mass is 259 g/mol. The maximum atomic E-state index is 5.27. The van der Waals surface area contributed by atoms with Crippen LogP contribution in [0.1, 0.15) is 6.92 Å². The summed E-state index contributed by atoms with van der Waals surface area (Å²) in [6.45, 7) is 2.78. The quantitative estimate of drug-likeness (QED) is 0.762. The summed E-state index contributed by atoms with van der Waals surface area (Å²) in [5, 5.41) is 0. The van der Waals surface area contributed by atoms with Crippen molar-refractivity contribution in [1.82, 2.24) is 0 Å². The molecule has 1 rings (SSSR count). The number of rotatable bonds is 5. The van der Waals surface area contributed by atoms with E-state index >= 15 is 0 Å². The topological polar surface area (TPSA) is 27.7 Å². The van der Waals surface area contributed by atoms with Crippen LogP contribution in [0.25, 0.3) is 0 Å². The molecule has 1 radical (unpaired) electrons. The van der Waals surface area contributed by atoms with Crippen LogP contribution in [-0.2, 0) is 4.74 Å². The van der Waals surface area contributed by atoms with Gasteiger partial charge in [-0.1, -0.05) is 0 Å². The third-order valence-corrected chi connectivity index (χ3v) is 2.06. The highest BCUT2D eigenvalue weighted by Gasteiger charge is 2.03. The Morgan fingerprint density at radius 3 is 2.71 bits per heavy atom. The third-order valence-electron chi connectivity index (χ3n) is 1.47. The van der Waals surface area contributed by atoms with Gasteiger partial charge in [-0.25, -0.2) is 0 Å². The van der Waals surface area contributed by atoms with Crippen LogP contribution < -0.4 is 9.47 Å². The number of hydrogen-bond donors (Lipinski definition) is 0. The van der Waals surface area contributed by atoms with Crippen molar-refractivity contribution in [2.75, 3.05) is 20.5 Å². The summed E-state index contributed by atoms with van der Waals surface area (Å²) in [4.78, 5) is 0. The van der Waals surface area contributed by atoms with Gasteiger partial charge in [-0.05, 0) is 35.0 Å². The van der Waals surface area contributed by atoms with Gasteiger partial charge in [-0.3, -0.25) is 0 Å². The molecule has 0 aliphatic heterocycles. The molecular weight excluding hydrogens is 248 g/mol. The van der Waals surface area contributed by atoms with E-state index in [1.54, 1.807) is 13.2 Å². The Morgan fingerprint density at radius 1 is 1.36 bits per heavy atom. The van der Waals surface area contributed by atoms with Crippen molar-refractivity contribution in [3.63, 3.8) is 0 Å². The van der Waals surface area contributed by atoms with Crippen LogP contribution >= 0.6 is 15.9 Å². The molecule has 0 aromatic heterocycles. The van der Waals surface area contributed by atoms with Crippen LogP contribution in [0.3, 0.4) is 0 Å². The first-order chi connectivity index (χ1) is 6.77. The van der Waals surface area contributed by atoms with Crippen LogP contribution in [0.4, 0.5) is 0 Å². The van der Waals surface area contributed by atoms with Gasteiger partial charge in [0.05, 0.1) is 11.1 Å². The van der Waals surface area contributed by atoms with Crippen LogP contribution in [0, 0.1) is 6.07 Å². The van der Waals surface area contributed by atoms with E-state index in [1.165, 1.54) is 0 Å². The van der Waals surface area contributed by atoms with Gasteiger partial charge in [0, 0.05) is 13.2 Å². The zero-order chi connectivity index (χ0) is 10.4. The molecule has 4 heteroatoms. The molecule has 0 saturated heterocycles. The van der Waals surface area contributed by atoms with Gasteiger partial charge in [0.15, 0.2) is 6.79 Å². The van der Waals surface area contributed by atoms with Crippen molar-refractivity contribution >= 4 is 15.9 Å². The molecule has 1 aromatic carbocycles. The molecule has 0 amide bonds. The Bertz CT molecular complexity index is 289. The van der Waals surface area contributed by atoms with E-state index in [4.69, 9.17) is 14.2 Å². The Hall–Kier alpha value is -0.740. The van der Waals surface area contributed by atoms with E-state index in [2.05, 4.69) is 22.0 Å². The predicted molar refractivity (Wildman–Crippen MR) is 56.7 cm³/mol. The van der Waals surface area contributed by atoms with Gasteiger partial charge in [-0.2, -0.15) is 0 Å². The fourth-order valence-electron chi connectivity index (χ4n) is 0.910. The minimum Gasteiger partial charge on any atom is -0.493 e. The highest BCUT2D eigenvalue weighted by Crippen LogP contribution is 2.28. The predicted octanol–water partition coefficient (Wildman–Crippen LogP) is 2.63. The van der Waals surface area contributed by atoms with Gasteiger partial charge >= 0.3 is 0 Å². The summed E-state index contributed by atoms with van der Waals surface area (Å²) < 4.78 is 16.1. The second kappa shape index (κ2) is 5.88. The summed E-state index contributed by atoms with van der Waals surface area (Å²) in [6.07, 6.45) is 0. The van der Waals surface area contributed by atoms with Crippen molar-refractivity contribution in [2.24, 2.45) is 0 Å². The molecule has 0 fully saturated rings. The van der Waals surface area contributed by atoms with E-state index in [0.717, 1.165) is 4.47 Å². The van der Waals surface area contributed by atoms with Crippen molar-refractivity contribution in [3.8, 4) is 11.5 Å². The lowest BCUT2D eigenvalue weighted by atomic mass is 10.3. The summed E-state index contributed by atoms with van der Waals surface area (Å²) in [7, 11) is 1.58. The van der Waals surface area contributed by atoms with E-state index in [0.29, 0.717) is 18.1 Å². The molecule has 77 valence electrons. The molecule has 0 heterocycles. The average molecular weight is 260 g/mol. The summed E-state index contributed by atoms with van der Waals surface area (Å²) in [6, 6.07) is 6.61. The molecule has 0 aliphatic carbocycles. The largest absolute Gasteiger partial charge is 0.493 e. The number of methoxy groups -OCH3 is 1. The van der Waals surface area contributed by atoms with Crippen molar-refractivity contribution < 1.29 is 14.2 Å². The van der Waals surface area contributed by atoms with Crippen LogP contribution in [0.2, 0.25) is 0 Å². The molecule has 0 N–H and O–H groups in total. The lowest BCUT2D eigenvalue weighted by Gasteiger charge is -2.08. The Kier molecular flexibility index (Phi) is 4.76. The lowest BCUT2D eigenvalue weighted by molar-refractivity contribution is 0.0505. The van der Waals surface area contributed by atoms with Crippen LogP contribution in [0.5, 0.6) is 11.5 Å². The van der Waals surface area contributed by atoms with Crippen molar-refractivity contribution in [1.29, 1.82) is 0 Å². The Balaban J connectivity index is 2.68. The standard InChI is InChI=1S/C10H12BrO3/c1-3-13-8-4-5-10(9(11)6-8)14-7-12-2/h4-5H,3,7H2,1-2H3. The Morgan fingerprint density at radius 2 is 2.14 bits per heavy atom. The second-order valence-corrected chi connectivity index (χ2v) is 3.28. The zero-order valence-electron chi connectivity index (χ0n) is 8.17. The van der Waals surface area contributed by atoms with Crippen molar-refractivity contribution in [2.45, 2.75) is 6.92 Å². The summed E-state index contributed by atoms with van der Waals surface area (Å²) in [5.41, 5.74) is 0. The maximum absolute atomic E-state index is 5.27. The van der Waals surface area contributed by atoms with Crippen molar-refractivity contribution in [3.05, 3.63) is 22.7 Å². The molecule has 0 unspecified atom stereocenters. The fraction of sp³-hybridized carbons (Fsp3) is 0.400. The molecule has 3 nitrogen and oxygen atoms in total. The molecule has 0 saturated carbocycles. The average Bonchev–Trinajstić information content (AvgIpc) is 2.17. The number of ether oxygens (including phenoxy) is 3. The van der Waals surface area contributed by atoms with Gasteiger partial charge in [-0.15, -0.1) is 0 Å². The van der Waals surface area contributed by atoms with Crippen LogP contribution in [-0.4, -0.2) is 20.5 Å². The third kappa shape index (κ3) is 3.20. The second-order valence-electron chi connectivity index (χ2n) is 2.48. The van der Waals surface area contributed by atoms with E-state index < -0.39 is 0 Å². The molecule has 14 heavy (non-hydrogen) atoms. The molecule has 0 spiro atoms. The Labute approximate surface area is 92.1 Å². The first-order valence-corrected chi connectivity index (χ1v) is 5.03. The maximum Gasteiger partial charge on any atom is 0.188 e. The zero-order valence-corrected chi connectivity index (χ0v) is 9.76. The molecule has 0 atom stereocenters. The van der Waals surface area contributed by atoms with E-state index in [-0.39, 0.29) is 6.79 Å². The van der Waals surface area contributed by atoms with E-state index in [9.17, 15) is 0 Å². The molecular formula is C10H12BrO3. The fourth-order valence-corrected chi connectivity index (χ4v) is 1.35. The molecule has 0 bridgehead atoms. The van der Waals surface area contributed by atoms with Gasteiger partial charge in [0.1, 0.15) is 11.5 Å².